The molecule has 7 heteroatoms. The summed E-state index contributed by atoms with van der Waals surface area (Å²) in [5.41, 5.74) is 6.57. The Bertz CT molecular complexity index is 976. The molecule has 7 nitrogen and oxygen atoms in total. The molecule has 0 bridgehead atoms. The second kappa shape index (κ2) is 12.4. The SMILES string of the molecule is CC1CN(Cc2ccc(/C=C/C(=O)NO)cc2)CC(C)N1Cc1cccc(CN2CCOCC2)c1. The van der Waals surface area contributed by atoms with Crippen LogP contribution in [0.15, 0.2) is 54.6 Å². The third-order valence-electron chi connectivity index (χ3n) is 6.97. The zero-order valence-electron chi connectivity index (χ0n) is 20.9. The molecule has 2 aliphatic rings. The fourth-order valence-corrected chi connectivity index (χ4v) is 5.16. The maximum Gasteiger partial charge on any atom is 0.267 e. The highest BCUT2D eigenvalue weighted by molar-refractivity contribution is 5.90. The number of hydrogen-bond acceptors (Lipinski definition) is 6. The van der Waals surface area contributed by atoms with Gasteiger partial charge in [0.05, 0.1) is 13.2 Å². The number of rotatable bonds is 8. The van der Waals surface area contributed by atoms with Crippen molar-refractivity contribution in [1.29, 1.82) is 0 Å². The van der Waals surface area contributed by atoms with Crippen LogP contribution >= 0.6 is 0 Å². The van der Waals surface area contributed by atoms with Crippen molar-refractivity contribution in [2.45, 2.75) is 45.6 Å². The third kappa shape index (κ3) is 7.46. The number of hydrogen-bond donors (Lipinski definition) is 2. The topological polar surface area (TPSA) is 68.3 Å². The van der Waals surface area contributed by atoms with Crippen LogP contribution in [0.3, 0.4) is 0 Å². The Morgan fingerprint density at radius 1 is 0.943 bits per heavy atom. The van der Waals surface area contributed by atoms with Gasteiger partial charge in [-0.2, -0.15) is 0 Å². The van der Waals surface area contributed by atoms with E-state index in [1.807, 2.05) is 12.1 Å². The Morgan fingerprint density at radius 2 is 1.57 bits per heavy atom. The van der Waals surface area contributed by atoms with Gasteiger partial charge in [-0.25, -0.2) is 5.48 Å². The van der Waals surface area contributed by atoms with E-state index in [0.29, 0.717) is 12.1 Å². The molecule has 1 amide bonds. The van der Waals surface area contributed by atoms with E-state index in [-0.39, 0.29) is 0 Å². The molecular formula is C28H38N4O3. The smallest absolute Gasteiger partial charge is 0.267 e. The molecule has 2 aromatic rings. The maximum atomic E-state index is 11.2. The van der Waals surface area contributed by atoms with E-state index in [1.54, 1.807) is 11.6 Å². The van der Waals surface area contributed by atoms with Crippen molar-refractivity contribution in [3.05, 3.63) is 76.9 Å². The Hall–Kier alpha value is -2.55. The second-order valence-corrected chi connectivity index (χ2v) is 9.82. The standard InChI is InChI=1S/C28H38N4O3/c1-22-17-31(19-25-8-6-24(7-9-25)10-11-28(33)29-34)18-23(2)32(22)21-27-5-3-4-26(16-27)20-30-12-14-35-15-13-30/h3-11,16,22-23,34H,12-15,17-21H2,1-2H3,(H,29,33)/b11-10+. The van der Waals surface area contributed by atoms with Crippen LogP contribution in [0, 0.1) is 0 Å². The summed E-state index contributed by atoms with van der Waals surface area (Å²) in [6.07, 6.45) is 3.00. The first-order chi connectivity index (χ1) is 17.0. The number of hydroxylamine groups is 1. The average Bonchev–Trinajstić information content (AvgIpc) is 2.86. The number of benzene rings is 2. The number of carbonyl (C=O) groups is 1. The van der Waals surface area contributed by atoms with Crippen molar-refractivity contribution in [2.75, 3.05) is 39.4 Å². The molecule has 2 aliphatic heterocycles. The van der Waals surface area contributed by atoms with Crippen molar-refractivity contribution < 1.29 is 14.7 Å². The highest BCUT2D eigenvalue weighted by atomic mass is 16.5. The minimum atomic E-state index is -0.529. The summed E-state index contributed by atoms with van der Waals surface area (Å²) >= 11 is 0. The Morgan fingerprint density at radius 3 is 2.23 bits per heavy atom. The molecule has 0 aliphatic carbocycles. The fraction of sp³-hybridized carbons (Fsp3) is 0.464. The lowest BCUT2D eigenvalue weighted by molar-refractivity contribution is -0.124. The Balaban J connectivity index is 1.30. The van der Waals surface area contributed by atoms with Crippen molar-refractivity contribution in [3.8, 4) is 0 Å². The number of nitrogens with zero attached hydrogens (tertiary/aromatic N) is 3. The van der Waals surface area contributed by atoms with Gasteiger partial charge in [-0.15, -0.1) is 0 Å². The van der Waals surface area contributed by atoms with Gasteiger partial charge in [0.1, 0.15) is 0 Å². The zero-order valence-corrected chi connectivity index (χ0v) is 20.9. The van der Waals surface area contributed by atoms with E-state index in [9.17, 15) is 4.79 Å². The van der Waals surface area contributed by atoms with E-state index < -0.39 is 5.91 Å². The fourth-order valence-electron chi connectivity index (χ4n) is 5.16. The van der Waals surface area contributed by atoms with Crippen molar-refractivity contribution in [3.63, 3.8) is 0 Å². The number of ether oxygens (including phenoxy) is 1. The zero-order chi connectivity index (χ0) is 24.6. The number of piperazine rings is 1. The second-order valence-electron chi connectivity index (χ2n) is 9.82. The lowest BCUT2D eigenvalue weighted by Crippen LogP contribution is -2.55. The van der Waals surface area contributed by atoms with Gasteiger partial charge in [-0.05, 0) is 42.2 Å². The van der Waals surface area contributed by atoms with Crippen LogP contribution in [0.5, 0.6) is 0 Å². The summed E-state index contributed by atoms with van der Waals surface area (Å²) in [6.45, 7) is 13.3. The van der Waals surface area contributed by atoms with E-state index in [2.05, 4.69) is 64.9 Å². The molecule has 188 valence electrons. The molecule has 35 heavy (non-hydrogen) atoms. The maximum absolute atomic E-state index is 11.2. The van der Waals surface area contributed by atoms with Crippen molar-refractivity contribution in [1.82, 2.24) is 20.2 Å². The normalized spacial score (nSPS) is 22.5. The molecule has 2 fully saturated rings. The van der Waals surface area contributed by atoms with Crippen LogP contribution in [-0.4, -0.2) is 77.3 Å². The lowest BCUT2D eigenvalue weighted by Gasteiger charge is -2.44. The number of nitrogens with one attached hydrogen (secondary N) is 1. The van der Waals surface area contributed by atoms with Crippen LogP contribution in [0.4, 0.5) is 0 Å². The van der Waals surface area contributed by atoms with E-state index in [4.69, 9.17) is 9.94 Å². The summed E-state index contributed by atoms with van der Waals surface area (Å²) in [5.74, 6) is -0.529. The molecule has 2 aromatic carbocycles. The van der Waals surface area contributed by atoms with Crippen LogP contribution in [-0.2, 0) is 29.2 Å². The highest BCUT2D eigenvalue weighted by Gasteiger charge is 2.29. The first-order valence-electron chi connectivity index (χ1n) is 12.6. The van der Waals surface area contributed by atoms with Crippen molar-refractivity contribution >= 4 is 12.0 Å². The minimum absolute atomic E-state index is 0.473. The molecule has 2 saturated heterocycles. The molecule has 0 aromatic heterocycles. The molecule has 0 saturated carbocycles. The van der Waals surface area contributed by atoms with Gasteiger partial charge >= 0.3 is 0 Å². The monoisotopic (exact) mass is 478 g/mol. The molecule has 2 unspecified atom stereocenters. The van der Waals surface area contributed by atoms with Gasteiger partial charge in [-0.1, -0.05) is 48.5 Å². The quantitative estimate of drug-likeness (QED) is 0.345. The van der Waals surface area contributed by atoms with E-state index in [0.717, 1.165) is 64.6 Å². The van der Waals surface area contributed by atoms with E-state index >= 15 is 0 Å². The first kappa shape index (κ1) is 25.5. The van der Waals surface area contributed by atoms with Gasteiger partial charge in [0.25, 0.3) is 5.91 Å². The summed E-state index contributed by atoms with van der Waals surface area (Å²) in [5, 5.41) is 8.59. The number of morpholine rings is 1. The molecule has 4 rings (SSSR count). The third-order valence-corrected chi connectivity index (χ3v) is 6.97. The summed E-state index contributed by atoms with van der Waals surface area (Å²) in [7, 11) is 0. The lowest BCUT2D eigenvalue weighted by atomic mass is 10.0. The molecule has 2 N–H and O–H groups in total. The number of carbonyl (C=O) groups excluding carboxylic acids is 1. The molecular weight excluding hydrogens is 440 g/mol. The van der Waals surface area contributed by atoms with Gasteiger partial charge in [-0.3, -0.25) is 24.7 Å². The average molecular weight is 479 g/mol. The van der Waals surface area contributed by atoms with Crippen LogP contribution in [0.1, 0.15) is 36.1 Å². The molecule has 2 heterocycles. The predicted octanol–water partition coefficient (Wildman–Crippen LogP) is 3.13. The predicted molar refractivity (Wildman–Crippen MR) is 138 cm³/mol. The van der Waals surface area contributed by atoms with Gasteiger partial charge in [0.15, 0.2) is 0 Å². The highest BCUT2D eigenvalue weighted by Crippen LogP contribution is 2.22. The van der Waals surface area contributed by atoms with Gasteiger partial charge in [0, 0.05) is 64.0 Å². The number of amides is 1. The van der Waals surface area contributed by atoms with Crippen LogP contribution in [0.25, 0.3) is 6.08 Å². The van der Waals surface area contributed by atoms with Crippen molar-refractivity contribution in [2.24, 2.45) is 0 Å². The molecule has 0 spiro atoms. The first-order valence-corrected chi connectivity index (χ1v) is 12.6. The van der Waals surface area contributed by atoms with Crippen LogP contribution in [0.2, 0.25) is 0 Å². The largest absolute Gasteiger partial charge is 0.379 e. The Labute approximate surface area is 208 Å². The summed E-state index contributed by atoms with van der Waals surface area (Å²) in [6, 6.07) is 18.2. The summed E-state index contributed by atoms with van der Waals surface area (Å²) < 4.78 is 5.48. The summed E-state index contributed by atoms with van der Waals surface area (Å²) in [4.78, 5) is 18.8. The van der Waals surface area contributed by atoms with Crippen LogP contribution < -0.4 is 5.48 Å². The molecule has 2 atom stereocenters. The minimum Gasteiger partial charge on any atom is -0.379 e. The van der Waals surface area contributed by atoms with E-state index in [1.165, 1.54) is 22.8 Å². The van der Waals surface area contributed by atoms with Gasteiger partial charge in [0.2, 0.25) is 0 Å². The molecule has 0 radical (unpaired) electrons. The Kier molecular flexibility index (Phi) is 9.06. The van der Waals surface area contributed by atoms with Gasteiger partial charge < -0.3 is 4.74 Å².